The lowest BCUT2D eigenvalue weighted by Gasteiger charge is -2.23. The first-order chi connectivity index (χ1) is 53.2. The molecule has 2 aromatic heterocycles. The van der Waals surface area contributed by atoms with Crippen molar-refractivity contribution in [2.45, 2.75) is 103 Å². The van der Waals surface area contributed by atoms with Crippen molar-refractivity contribution >= 4 is 138 Å². The fourth-order valence-corrected chi connectivity index (χ4v) is 15.8. The molecular weight excluding hydrogens is 1400 g/mol. The van der Waals surface area contributed by atoms with Crippen LogP contribution in [0.25, 0.3) is 97.0 Å². The molecule has 2 aliphatic rings. The van der Waals surface area contributed by atoms with Crippen LogP contribution in [0.5, 0.6) is 0 Å². The summed E-state index contributed by atoms with van der Waals surface area (Å²) >= 11 is 0. The molecule has 0 bridgehead atoms. The minimum atomic E-state index is -0.540. The van der Waals surface area contributed by atoms with E-state index in [4.69, 9.17) is 39.2 Å². The number of Topliss-reactive ketones (excluding diaryl/α,β-unsaturated/α-hetero) is 1. The highest BCUT2D eigenvalue weighted by molar-refractivity contribution is 6.29. The number of hydrogen-bond acceptors (Lipinski definition) is 17. The van der Waals surface area contributed by atoms with E-state index in [-0.39, 0.29) is 117 Å². The van der Waals surface area contributed by atoms with Crippen molar-refractivity contribution in [2.75, 3.05) is 71.9 Å². The predicted octanol–water partition coefficient (Wildman–Crippen LogP) is 14.5. The van der Waals surface area contributed by atoms with Crippen LogP contribution < -0.4 is 27.1 Å². The van der Waals surface area contributed by atoms with Gasteiger partial charge in [-0.3, -0.25) is 34.8 Å². The summed E-state index contributed by atoms with van der Waals surface area (Å²) in [5.41, 5.74) is 1.21. The molecule has 14 aromatic rings. The first kappa shape index (κ1) is 77.1. The van der Waals surface area contributed by atoms with E-state index in [1.807, 2.05) is 42.5 Å². The highest BCUT2D eigenvalue weighted by Gasteiger charge is 2.38. The number of anilines is 2. The lowest BCUT2D eigenvalue weighted by Crippen LogP contribution is -2.37. The molecule has 0 radical (unpaired) electrons. The number of ether oxygens (including phenoxy) is 6. The van der Waals surface area contributed by atoms with Crippen molar-refractivity contribution in [1.29, 1.82) is 10.8 Å². The Morgan fingerprint density at radius 1 is 0.541 bits per heavy atom. The first-order valence-corrected chi connectivity index (χ1v) is 36.5. The van der Waals surface area contributed by atoms with Crippen LogP contribution >= 0.6 is 0 Å². The SMILES string of the molecule is C.C.COC[C@H]1O[C@@H](Nc2nc[nH]c(=O)c2C(=N)C#CCCN(CC(=O)c2cc3cccc4ccc5cccc2c5c43)C(=O)Cc2cc3cccc4ccc5cccc2c5c43)CC1OC.COC[C@H]1O[C@@H](Nc2nc[nH]c(=O)c2C(=N)C#CCCNC(=O)CCCc2cc3cccc4ccc5cccc2c5c43)CC1OC. The zero-order valence-corrected chi connectivity index (χ0v) is 60.7. The van der Waals surface area contributed by atoms with Crippen LogP contribution in [0.2, 0.25) is 0 Å². The van der Waals surface area contributed by atoms with Gasteiger partial charge in [-0.05, 0) is 145 Å². The number of carbonyl (C=O) groups is 3. The quantitative estimate of drug-likeness (QED) is 0.00921. The average molecular weight is 1490 g/mol. The van der Waals surface area contributed by atoms with Gasteiger partial charge < -0.3 is 59.2 Å². The summed E-state index contributed by atoms with van der Waals surface area (Å²) in [6, 6.07) is 56.4. The molecule has 2 aliphatic heterocycles. The highest BCUT2D eigenvalue weighted by atomic mass is 16.6. The van der Waals surface area contributed by atoms with Gasteiger partial charge in [0.15, 0.2) is 5.78 Å². The lowest BCUT2D eigenvalue weighted by molar-refractivity contribution is -0.130. The second-order valence-electron chi connectivity index (χ2n) is 27.6. The molecule has 21 nitrogen and oxygen atoms in total. The fraction of sp³-hybridized carbons (Fsp3) is 0.278. The molecule has 2 fully saturated rings. The molecule has 6 atom stereocenters. The molecule has 4 heterocycles. The maximum Gasteiger partial charge on any atom is 0.262 e. The predicted molar refractivity (Wildman–Crippen MR) is 442 cm³/mol. The number of aromatic nitrogens is 4. The molecule has 0 aliphatic carbocycles. The number of benzene rings is 12. The van der Waals surface area contributed by atoms with Gasteiger partial charge in [0.25, 0.3) is 11.1 Å². The Morgan fingerprint density at radius 2 is 0.964 bits per heavy atom. The van der Waals surface area contributed by atoms with Crippen LogP contribution in [0.3, 0.4) is 0 Å². The molecule has 7 N–H and O–H groups in total. The van der Waals surface area contributed by atoms with Gasteiger partial charge in [-0.15, -0.1) is 0 Å². The number of carbonyl (C=O) groups excluding carboxylic acids is 3. The van der Waals surface area contributed by atoms with Gasteiger partial charge in [0.05, 0.1) is 51.0 Å². The second-order valence-corrected chi connectivity index (χ2v) is 27.6. The molecular formula is C90H88N10O11. The third-order valence-electron chi connectivity index (χ3n) is 20.8. The van der Waals surface area contributed by atoms with Crippen molar-refractivity contribution in [3.05, 3.63) is 225 Å². The Bertz CT molecular complexity index is 6070. The molecule has 16 rings (SSSR count). The standard InChI is InChI=1S/C52H43N5O6.C36H37N5O5.2CH4/c1-61-28-43-42(62-2)26-44(63-43)56-51-50(52(60)55-29-54-51)40(53)17-3-4-22-57(27-41(58)39-24-35-14-6-10-31-19-21-33-12-8-16-38(39)49(33)47(31)35)45(59)25-36-23-34-13-5-9-30-18-20-32-11-7-15-37(36)48(32)46(30)34;1-44-20-29-28(45-2)19-31(46-29)41-35-34(36(43)40-21-39-35)27(37)13-3-4-17-38-30(42)14-7-10-24-18-25-11-5-8-22-15-16-23-9-6-12-26(24)33(23)32(22)25;;/h5-16,18-21,23-24,29,42-44,53H,4,22,25-28H2,1-2H3,(H2,54,55,56,60);5-6,8-9,11-12,15-16,18,21,28-29,31,37H,4,7,10,14,17,19-20H2,1-2H3,(H,38,42)(H2,39,40,41,43);2*1H4/t42?,43-,44-;28?,29-,31-;;/m11../s1. The molecule has 2 unspecified atom stereocenters. The number of aromatic amines is 2. The molecule has 111 heavy (non-hydrogen) atoms. The number of amides is 2. The van der Waals surface area contributed by atoms with Gasteiger partial charge in [-0.2, -0.15) is 0 Å². The van der Waals surface area contributed by atoms with Crippen molar-refractivity contribution in [1.82, 2.24) is 30.2 Å². The number of methoxy groups -OCH3 is 4. The van der Waals surface area contributed by atoms with E-state index >= 15 is 0 Å². The van der Waals surface area contributed by atoms with E-state index in [9.17, 15) is 24.0 Å². The van der Waals surface area contributed by atoms with E-state index in [1.54, 1.807) is 33.3 Å². The third kappa shape index (κ3) is 15.9. The fourth-order valence-electron chi connectivity index (χ4n) is 15.8. The summed E-state index contributed by atoms with van der Waals surface area (Å²) in [6.07, 6.45) is 3.99. The third-order valence-corrected chi connectivity index (χ3v) is 20.8. The van der Waals surface area contributed by atoms with E-state index < -0.39 is 23.6 Å². The maximum absolute atomic E-state index is 14.7. The number of hydrogen-bond donors (Lipinski definition) is 7. The van der Waals surface area contributed by atoms with Crippen LogP contribution in [0.15, 0.2) is 186 Å². The number of ketones is 1. The van der Waals surface area contributed by atoms with Gasteiger partial charge in [-0.25, -0.2) is 9.97 Å². The Morgan fingerprint density at radius 3 is 1.45 bits per heavy atom. The summed E-state index contributed by atoms with van der Waals surface area (Å²) in [4.78, 5) is 82.8. The summed E-state index contributed by atoms with van der Waals surface area (Å²) in [5, 5.41) is 46.6. The monoisotopic (exact) mass is 1480 g/mol. The lowest BCUT2D eigenvalue weighted by atomic mass is 9.89. The summed E-state index contributed by atoms with van der Waals surface area (Å²) in [7, 11) is 6.39. The average Bonchev–Trinajstić information content (AvgIpc) is 1.71. The van der Waals surface area contributed by atoms with E-state index in [2.05, 4.69) is 181 Å². The van der Waals surface area contributed by atoms with Gasteiger partial charge in [0.2, 0.25) is 11.8 Å². The van der Waals surface area contributed by atoms with Gasteiger partial charge in [-0.1, -0.05) is 178 Å². The topological polar surface area (TPSA) is 285 Å². The number of aryl methyl sites for hydroxylation is 1. The second kappa shape index (κ2) is 34.3. The van der Waals surface area contributed by atoms with Crippen molar-refractivity contribution in [3.8, 4) is 23.7 Å². The summed E-state index contributed by atoms with van der Waals surface area (Å²) < 4.78 is 33.6. The van der Waals surface area contributed by atoms with Crippen LogP contribution in [0.4, 0.5) is 11.6 Å². The van der Waals surface area contributed by atoms with E-state index in [1.165, 1.54) is 50.5 Å². The molecule has 2 amide bonds. The van der Waals surface area contributed by atoms with Crippen LogP contribution in [-0.2, 0) is 50.9 Å². The van der Waals surface area contributed by atoms with E-state index in [0.29, 0.717) is 51.0 Å². The van der Waals surface area contributed by atoms with E-state index in [0.717, 1.165) is 83.0 Å². The number of nitrogens with one attached hydrogen (secondary N) is 7. The number of rotatable bonds is 25. The molecule has 12 aromatic carbocycles. The van der Waals surface area contributed by atoms with Crippen LogP contribution in [0.1, 0.15) is 86.0 Å². The zero-order chi connectivity index (χ0) is 75.2. The van der Waals surface area contributed by atoms with Gasteiger partial charge in [0, 0.05) is 79.2 Å². The number of H-pyrrole nitrogens is 2. The smallest absolute Gasteiger partial charge is 0.262 e. The maximum atomic E-state index is 14.7. The largest absolute Gasteiger partial charge is 0.382 e. The molecule has 2 saturated heterocycles. The van der Waals surface area contributed by atoms with Crippen molar-refractivity contribution in [2.24, 2.45) is 0 Å². The minimum Gasteiger partial charge on any atom is -0.382 e. The van der Waals surface area contributed by atoms with Gasteiger partial charge in [0.1, 0.15) is 58.8 Å². The highest BCUT2D eigenvalue weighted by Crippen LogP contribution is 2.41. The molecule has 0 spiro atoms. The normalized spacial score (nSPS) is 16.6. The Kier molecular flexibility index (Phi) is 23.8. The Hall–Kier alpha value is -12.1. The van der Waals surface area contributed by atoms with Crippen molar-refractivity contribution < 1.29 is 42.8 Å². The summed E-state index contributed by atoms with van der Waals surface area (Å²) in [5.74, 6) is 11.4. The molecule has 564 valence electrons. The number of nitrogens with zero attached hydrogens (tertiary/aromatic N) is 3. The first-order valence-electron chi connectivity index (χ1n) is 36.5. The van der Waals surface area contributed by atoms with Gasteiger partial charge >= 0.3 is 0 Å². The summed E-state index contributed by atoms with van der Waals surface area (Å²) in [6.45, 7) is 0.981. The Labute approximate surface area is 641 Å². The Balaban J connectivity index is 0.000000201. The molecule has 0 saturated carbocycles. The van der Waals surface area contributed by atoms with Crippen LogP contribution in [-0.4, -0.2) is 152 Å². The van der Waals surface area contributed by atoms with Crippen LogP contribution in [0, 0.1) is 34.5 Å². The zero-order valence-electron chi connectivity index (χ0n) is 60.7. The minimum absolute atomic E-state index is 0. The van der Waals surface area contributed by atoms with Crippen molar-refractivity contribution in [3.63, 3.8) is 0 Å². The molecule has 21 heteroatoms.